The van der Waals surface area contributed by atoms with Gasteiger partial charge in [-0.1, -0.05) is 31.0 Å². The maximum Gasteiger partial charge on any atom is 0.256 e. The Hall–Kier alpha value is -4.40. The lowest BCUT2D eigenvalue weighted by atomic mass is 9.79. The highest BCUT2D eigenvalue weighted by molar-refractivity contribution is 6.16. The van der Waals surface area contributed by atoms with Gasteiger partial charge in [-0.15, -0.1) is 0 Å². The topological polar surface area (TPSA) is 117 Å². The Kier molecular flexibility index (Phi) is 4.98. The Morgan fingerprint density at radius 1 is 0.974 bits per heavy atom. The first-order valence-electron chi connectivity index (χ1n) is 13.0. The van der Waals surface area contributed by atoms with E-state index in [9.17, 15) is 14.4 Å². The van der Waals surface area contributed by atoms with Gasteiger partial charge in [-0.05, 0) is 67.1 Å². The van der Waals surface area contributed by atoms with Gasteiger partial charge in [0.25, 0.3) is 5.91 Å². The summed E-state index contributed by atoms with van der Waals surface area (Å²) >= 11 is 0. The fourth-order valence-corrected chi connectivity index (χ4v) is 6.47. The van der Waals surface area contributed by atoms with Crippen molar-refractivity contribution >= 4 is 35.1 Å². The number of aliphatic imine (C=N–C) groups is 1. The first kappa shape index (κ1) is 22.8. The van der Waals surface area contributed by atoms with Crippen molar-refractivity contribution in [2.24, 2.45) is 4.99 Å². The van der Waals surface area contributed by atoms with Crippen LogP contribution in [-0.4, -0.2) is 50.5 Å². The predicted octanol–water partition coefficient (Wildman–Crippen LogP) is 3.01. The van der Waals surface area contributed by atoms with E-state index < -0.39 is 11.0 Å². The van der Waals surface area contributed by atoms with Crippen molar-refractivity contribution in [3.63, 3.8) is 0 Å². The minimum atomic E-state index is -0.776. The van der Waals surface area contributed by atoms with Gasteiger partial charge in [0.05, 0.1) is 5.41 Å². The lowest BCUT2D eigenvalue weighted by Crippen LogP contribution is -2.45. The fraction of sp³-hybridized carbons (Fsp3) is 0.310. The molecule has 2 spiro atoms. The highest BCUT2D eigenvalue weighted by Gasteiger charge is 2.52. The van der Waals surface area contributed by atoms with Crippen molar-refractivity contribution in [2.75, 3.05) is 17.2 Å². The minimum absolute atomic E-state index is 0.0392. The Balaban J connectivity index is 1.11. The molecule has 9 nitrogen and oxygen atoms in total. The second kappa shape index (κ2) is 8.31. The monoisotopic (exact) mass is 506 g/mol. The number of nitrogens with one attached hydrogen (secondary N) is 2. The number of fused-ring (bicyclic) bond motifs is 3. The number of pyridine rings is 2. The molecule has 1 atom stereocenters. The summed E-state index contributed by atoms with van der Waals surface area (Å²) in [7, 11) is 0. The Bertz CT molecular complexity index is 1530. The van der Waals surface area contributed by atoms with Crippen LogP contribution in [0, 0.1) is 0 Å². The standard InChI is InChI=1S/C29H26N6O3/c36-23(17-35-25(22-7-1-4-12-30-22)34-29(27(35)38)10-2-3-11-29)32-20-9-8-18-15-28(16-19(18)14-20)21-6-5-13-31-24(21)33-26(28)37/h1,4-9,12-14H,2-3,10-11,15-17H2,(H,32,36)(H,31,33,37)/t28-/m1/s1. The molecule has 0 radical (unpaired) electrons. The highest BCUT2D eigenvalue weighted by Crippen LogP contribution is 2.47. The number of nitrogens with zero attached hydrogens (tertiary/aromatic N) is 4. The summed E-state index contributed by atoms with van der Waals surface area (Å²) in [6.45, 7) is -0.140. The van der Waals surface area contributed by atoms with E-state index in [-0.39, 0.29) is 24.3 Å². The first-order valence-corrected chi connectivity index (χ1v) is 13.0. The molecule has 2 aromatic heterocycles. The van der Waals surface area contributed by atoms with E-state index in [2.05, 4.69) is 20.6 Å². The van der Waals surface area contributed by atoms with Crippen LogP contribution in [0.25, 0.3) is 0 Å². The maximum absolute atomic E-state index is 13.5. The number of hydrogen-bond donors (Lipinski definition) is 2. The van der Waals surface area contributed by atoms with Crippen molar-refractivity contribution in [3.05, 3.63) is 83.3 Å². The molecule has 3 aromatic rings. The van der Waals surface area contributed by atoms with E-state index in [1.54, 1.807) is 12.4 Å². The van der Waals surface area contributed by atoms with Crippen LogP contribution in [0.2, 0.25) is 0 Å². The summed E-state index contributed by atoms with van der Waals surface area (Å²) in [4.78, 5) is 54.7. The molecule has 1 saturated carbocycles. The average molecular weight is 507 g/mol. The van der Waals surface area contributed by atoms with Crippen LogP contribution in [0.1, 0.15) is 48.1 Å². The SMILES string of the molecule is O=C(CN1C(=O)C2(CCCC2)N=C1c1ccccn1)Nc1ccc2c(c1)C[C@@]1(C2)C(=O)Nc2ncccc21. The summed E-state index contributed by atoms with van der Waals surface area (Å²) in [5.41, 5.74) is 2.80. The number of hydrogen-bond acceptors (Lipinski definition) is 6. The number of benzene rings is 1. The van der Waals surface area contributed by atoms with E-state index >= 15 is 0 Å². The van der Waals surface area contributed by atoms with E-state index in [4.69, 9.17) is 4.99 Å². The van der Waals surface area contributed by atoms with Gasteiger partial charge in [0, 0.05) is 23.6 Å². The zero-order valence-electron chi connectivity index (χ0n) is 20.7. The molecule has 4 aliphatic rings. The quantitative estimate of drug-likeness (QED) is 0.564. The second-order valence-electron chi connectivity index (χ2n) is 10.6. The van der Waals surface area contributed by atoms with E-state index in [0.29, 0.717) is 48.7 Å². The zero-order chi connectivity index (χ0) is 25.9. The van der Waals surface area contributed by atoms with E-state index in [1.807, 2.05) is 48.5 Å². The Labute approximate surface area is 219 Å². The average Bonchev–Trinajstić information content (AvgIpc) is 3.68. The number of anilines is 2. The molecule has 0 saturated heterocycles. The maximum atomic E-state index is 13.5. The third-order valence-electron chi connectivity index (χ3n) is 8.31. The summed E-state index contributed by atoms with van der Waals surface area (Å²) in [6, 6.07) is 15.0. The predicted molar refractivity (Wildman–Crippen MR) is 141 cm³/mol. The molecule has 3 amide bonds. The largest absolute Gasteiger partial charge is 0.325 e. The summed E-state index contributed by atoms with van der Waals surface area (Å²) < 4.78 is 0. The van der Waals surface area contributed by atoms with Crippen molar-refractivity contribution < 1.29 is 14.4 Å². The van der Waals surface area contributed by atoms with Crippen LogP contribution < -0.4 is 10.6 Å². The number of carbonyl (C=O) groups excluding carboxylic acids is 3. The van der Waals surface area contributed by atoms with Crippen LogP contribution in [0.3, 0.4) is 0 Å². The molecular formula is C29H26N6O3. The van der Waals surface area contributed by atoms with Crippen LogP contribution in [-0.2, 0) is 32.6 Å². The fourth-order valence-electron chi connectivity index (χ4n) is 6.47. The third kappa shape index (κ3) is 3.38. The van der Waals surface area contributed by atoms with Crippen molar-refractivity contribution in [1.82, 2.24) is 14.9 Å². The molecule has 9 heteroatoms. The van der Waals surface area contributed by atoms with Crippen LogP contribution >= 0.6 is 0 Å². The summed E-state index contributed by atoms with van der Waals surface area (Å²) in [5, 5.41) is 5.88. The Morgan fingerprint density at radius 3 is 2.61 bits per heavy atom. The number of amides is 3. The molecular weight excluding hydrogens is 480 g/mol. The first-order chi connectivity index (χ1) is 18.5. The summed E-state index contributed by atoms with van der Waals surface area (Å²) in [6.07, 6.45) is 7.75. The third-order valence-corrected chi connectivity index (χ3v) is 8.31. The van der Waals surface area contributed by atoms with Gasteiger partial charge in [0.2, 0.25) is 11.8 Å². The van der Waals surface area contributed by atoms with Gasteiger partial charge in [-0.3, -0.25) is 24.3 Å². The molecule has 0 bridgehead atoms. The second-order valence-corrected chi connectivity index (χ2v) is 10.6. The van der Waals surface area contributed by atoms with E-state index in [1.165, 1.54) is 4.90 Å². The zero-order valence-corrected chi connectivity index (χ0v) is 20.7. The smallest absolute Gasteiger partial charge is 0.256 e. The van der Waals surface area contributed by atoms with Crippen molar-refractivity contribution in [2.45, 2.75) is 49.5 Å². The molecule has 4 heterocycles. The molecule has 2 aliphatic carbocycles. The molecule has 0 unspecified atom stereocenters. The number of rotatable bonds is 4. The highest BCUT2D eigenvalue weighted by atomic mass is 16.2. The minimum Gasteiger partial charge on any atom is -0.325 e. The van der Waals surface area contributed by atoms with Gasteiger partial charge in [0.15, 0.2) is 5.84 Å². The molecule has 1 fully saturated rings. The molecule has 7 rings (SSSR count). The van der Waals surface area contributed by atoms with Gasteiger partial charge < -0.3 is 10.6 Å². The lowest BCUT2D eigenvalue weighted by Gasteiger charge is -2.22. The summed E-state index contributed by atoms with van der Waals surface area (Å²) in [5.74, 6) is 0.615. The normalized spacial score (nSPS) is 22.5. The van der Waals surface area contributed by atoms with Gasteiger partial charge in [-0.25, -0.2) is 9.98 Å². The van der Waals surface area contributed by atoms with Gasteiger partial charge in [-0.2, -0.15) is 0 Å². The van der Waals surface area contributed by atoms with Crippen LogP contribution in [0.15, 0.2) is 65.9 Å². The number of aromatic nitrogens is 2. The number of carbonyl (C=O) groups is 3. The lowest BCUT2D eigenvalue weighted by molar-refractivity contribution is -0.133. The molecule has 190 valence electrons. The van der Waals surface area contributed by atoms with Gasteiger partial charge >= 0.3 is 0 Å². The van der Waals surface area contributed by atoms with Crippen LogP contribution in [0.5, 0.6) is 0 Å². The van der Waals surface area contributed by atoms with Crippen LogP contribution in [0.4, 0.5) is 11.5 Å². The molecule has 2 aliphatic heterocycles. The van der Waals surface area contributed by atoms with Crippen molar-refractivity contribution in [3.8, 4) is 0 Å². The molecule has 2 N–H and O–H groups in total. The van der Waals surface area contributed by atoms with Crippen molar-refractivity contribution in [1.29, 1.82) is 0 Å². The molecule has 38 heavy (non-hydrogen) atoms. The number of amidine groups is 1. The molecule has 1 aromatic carbocycles. The van der Waals surface area contributed by atoms with E-state index in [0.717, 1.165) is 29.5 Å². The van der Waals surface area contributed by atoms with Gasteiger partial charge in [0.1, 0.15) is 23.6 Å². The Morgan fingerprint density at radius 2 is 1.79 bits per heavy atom.